The molecule has 1 N–H and O–H groups in total. The highest BCUT2D eigenvalue weighted by molar-refractivity contribution is 7.12. The van der Waals surface area contributed by atoms with Gasteiger partial charge >= 0.3 is 0 Å². The molecule has 0 saturated heterocycles. The Morgan fingerprint density at radius 2 is 1.68 bits per heavy atom. The minimum Gasteiger partial charge on any atom is -0.493 e. The van der Waals surface area contributed by atoms with Crippen LogP contribution in [0.15, 0.2) is 96.5 Å². The molecule has 5 aromatic rings. The van der Waals surface area contributed by atoms with E-state index >= 15 is 0 Å². The summed E-state index contributed by atoms with van der Waals surface area (Å²) in [6, 6.07) is 26.3. The van der Waals surface area contributed by atoms with Gasteiger partial charge in [0, 0.05) is 23.3 Å². The van der Waals surface area contributed by atoms with Gasteiger partial charge in [-0.3, -0.25) is 9.78 Å². The number of amides is 1. The molecule has 0 aliphatic rings. The van der Waals surface area contributed by atoms with E-state index in [1.54, 1.807) is 37.6 Å². The third-order valence-electron chi connectivity index (χ3n) is 5.31. The van der Waals surface area contributed by atoms with Crippen LogP contribution in [0.5, 0.6) is 23.0 Å². The molecule has 0 atom stereocenters. The van der Waals surface area contributed by atoms with Gasteiger partial charge in [-0.25, -0.2) is 0 Å². The summed E-state index contributed by atoms with van der Waals surface area (Å²) in [4.78, 5) is 17.4. The molecular formula is C30H28N2O4S. The molecule has 0 fully saturated rings. The van der Waals surface area contributed by atoms with Gasteiger partial charge in [0.2, 0.25) is 0 Å². The largest absolute Gasteiger partial charge is 0.493 e. The van der Waals surface area contributed by atoms with Crippen molar-refractivity contribution in [1.29, 1.82) is 0 Å². The quantitative estimate of drug-likeness (QED) is 0.228. The third-order valence-corrected chi connectivity index (χ3v) is 6.18. The number of carbonyl (C=O) groups is 1. The van der Waals surface area contributed by atoms with Crippen molar-refractivity contribution >= 4 is 33.8 Å². The highest BCUT2D eigenvalue weighted by Crippen LogP contribution is 2.37. The van der Waals surface area contributed by atoms with Gasteiger partial charge in [-0.2, -0.15) is 0 Å². The van der Waals surface area contributed by atoms with Crippen LogP contribution >= 0.6 is 11.3 Å². The van der Waals surface area contributed by atoms with E-state index in [0.717, 1.165) is 16.5 Å². The first-order chi connectivity index (χ1) is 18.2. The van der Waals surface area contributed by atoms with Crippen LogP contribution in [0.2, 0.25) is 0 Å². The summed E-state index contributed by atoms with van der Waals surface area (Å²) < 4.78 is 17.7. The van der Waals surface area contributed by atoms with Gasteiger partial charge in [0.05, 0.1) is 17.5 Å². The van der Waals surface area contributed by atoms with Crippen molar-refractivity contribution in [3.63, 3.8) is 0 Å². The molecule has 6 nitrogen and oxygen atoms in total. The van der Waals surface area contributed by atoms with Crippen molar-refractivity contribution in [3.8, 4) is 23.0 Å². The molecule has 5 rings (SSSR count). The second-order valence-electron chi connectivity index (χ2n) is 7.66. The van der Waals surface area contributed by atoms with Crippen molar-refractivity contribution in [2.75, 3.05) is 12.4 Å². The monoisotopic (exact) mass is 512 g/mol. The van der Waals surface area contributed by atoms with Gasteiger partial charge in [0.1, 0.15) is 18.1 Å². The van der Waals surface area contributed by atoms with Crippen LogP contribution in [0, 0.1) is 0 Å². The minimum atomic E-state index is -0.133. The second kappa shape index (κ2) is 12.6. The summed E-state index contributed by atoms with van der Waals surface area (Å²) in [5, 5.41) is 5.56. The lowest BCUT2D eigenvalue weighted by Crippen LogP contribution is -2.09. The summed E-state index contributed by atoms with van der Waals surface area (Å²) in [5.74, 6) is 2.34. The maximum atomic E-state index is 12.3. The molecule has 0 spiro atoms. The molecule has 37 heavy (non-hydrogen) atoms. The van der Waals surface area contributed by atoms with Crippen LogP contribution in [-0.4, -0.2) is 18.0 Å². The Balaban J connectivity index is 0.00000156. The van der Waals surface area contributed by atoms with Crippen LogP contribution in [0.4, 0.5) is 5.69 Å². The van der Waals surface area contributed by atoms with Gasteiger partial charge in [-0.1, -0.05) is 50.2 Å². The SMILES string of the molecule is CC.COc1cc2c(Oc3ccc(NC(=O)c4cccs4)cc3)ccnc2cc1OCc1ccccc1. The van der Waals surface area contributed by atoms with E-state index < -0.39 is 0 Å². The Kier molecular flexibility index (Phi) is 8.73. The average Bonchev–Trinajstić information content (AvgIpc) is 3.50. The van der Waals surface area contributed by atoms with E-state index in [2.05, 4.69) is 10.3 Å². The maximum absolute atomic E-state index is 12.3. The van der Waals surface area contributed by atoms with Crippen LogP contribution in [0.1, 0.15) is 29.1 Å². The number of anilines is 1. The van der Waals surface area contributed by atoms with E-state index in [-0.39, 0.29) is 5.91 Å². The van der Waals surface area contributed by atoms with Gasteiger partial charge in [-0.05, 0) is 53.4 Å². The Morgan fingerprint density at radius 3 is 2.38 bits per heavy atom. The number of pyridine rings is 1. The lowest BCUT2D eigenvalue weighted by atomic mass is 10.1. The summed E-state index contributed by atoms with van der Waals surface area (Å²) in [6.07, 6.45) is 1.70. The number of ether oxygens (including phenoxy) is 3. The van der Waals surface area contributed by atoms with E-state index in [0.29, 0.717) is 40.2 Å². The Hall–Kier alpha value is -4.36. The number of aromatic nitrogens is 1. The van der Waals surface area contributed by atoms with Crippen LogP contribution in [-0.2, 0) is 6.61 Å². The van der Waals surface area contributed by atoms with Crippen molar-refractivity contribution in [2.24, 2.45) is 0 Å². The zero-order chi connectivity index (χ0) is 26.0. The number of nitrogens with one attached hydrogen (secondary N) is 1. The average molecular weight is 513 g/mol. The fourth-order valence-corrected chi connectivity index (χ4v) is 4.18. The Morgan fingerprint density at radius 1 is 0.892 bits per heavy atom. The number of nitrogens with zero attached hydrogens (tertiary/aromatic N) is 1. The first-order valence-corrected chi connectivity index (χ1v) is 12.8. The number of thiophene rings is 1. The topological polar surface area (TPSA) is 69.7 Å². The number of carbonyl (C=O) groups excluding carboxylic acids is 1. The first-order valence-electron chi connectivity index (χ1n) is 12.0. The van der Waals surface area contributed by atoms with Crippen LogP contribution < -0.4 is 19.5 Å². The Labute approximate surface area is 220 Å². The first kappa shape index (κ1) is 25.7. The van der Waals surface area contributed by atoms with Gasteiger partial charge in [0.15, 0.2) is 11.5 Å². The second-order valence-corrected chi connectivity index (χ2v) is 8.61. The molecule has 2 heterocycles. The van der Waals surface area contributed by atoms with Crippen molar-refractivity contribution in [2.45, 2.75) is 20.5 Å². The molecule has 0 radical (unpaired) electrons. The van der Waals surface area contributed by atoms with E-state index in [1.807, 2.05) is 79.9 Å². The van der Waals surface area contributed by atoms with Gasteiger partial charge in [0.25, 0.3) is 5.91 Å². The number of hydrogen-bond acceptors (Lipinski definition) is 6. The van der Waals surface area contributed by atoms with Gasteiger partial charge < -0.3 is 19.5 Å². The molecule has 188 valence electrons. The van der Waals surface area contributed by atoms with Gasteiger partial charge in [-0.15, -0.1) is 11.3 Å². The number of benzene rings is 3. The smallest absolute Gasteiger partial charge is 0.265 e. The summed E-state index contributed by atoms with van der Waals surface area (Å²) in [6.45, 7) is 4.42. The molecule has 0 aliphatic heterocycles. The minimum absolute atomic E-state index is 0.133. The summed E-state index contributed by atoms with van der Waals surface area (Å²) in [7, 11) is 1.61. The zero-order valence-electron chi connectivity index (χ0n) is 20.9. The van der Waals surface area contributed by atoms with E-state index in [1.165, 1.54) is 11.3 Å². The molecule has 0 saturated carbocycles. The summed E-state index contributed by atoms with van der Waals surface area (Å²) in [5.41, 5.74) is 2.48. The predicted molar refractivity (Wildman–Crippen MR) is 149 cm³/mol. The molecule has 0 aliphatic carbocycles. The molecule has 7 heteroatoms. The maximum Gasteiger partial charge on any atom is 0.265 e. The molecule has 1 amide bonds. The normalized spacial score (nSPS) is 10.2. The standard InChI is InChI=1S/C28H22N2O4S.C2H6/c1-32-25-16-22-23(17-26(25)33-18-19-6-3-2-4-7-19)29-14-13-24(22)34-21-11-9-20(10-12-21)30-28(31)27-8-5-15-35-27;1-2/h2-17H,18H2,1H3,(H,30,31);1-2H3. The van der Waals surface area contributed by atoms with Crippen molar-refractivity contribution in [1.82, 2.24) is 4.98 Å². The van der Waals surface area contributed by atoms with Crippen LogP contribution in [0.3, 0.4) is 0 Å². The number of methoxy groups -OCH3 is 1. The Bertz CT molecular complexity index is 1440. The summed E-state index contributed by atoms with van der Waals surface area (Å²) >= 11 is 1.40. The lowest BCUT2D eigenvalue weighted by Gasteiger charge is -2.14. The van der Waals surface area contributed by atoms with E-state index in [9.17, 15) is 4.79 Å². The lowest BCUT2D eigenvalue weighted by molar-refractivity contribution is 0.103. The molecule has 0 bridgehead atoms. The highest BCUT2D eigenvalue weighted by atomic mass is 32.1. The molecule has 0 unspecified atom stereocenters. The molecule has 3 aromatic carbocycles. The number of fused-ring (bicyclic) bond motifs is 1. The van der Waals surface area contributed by atoms with Crippen molar-refractivity contribution in [3.05, 3.63) is 107 Å². The predicted octanol–water partition coefficient (Wildman–Crippen LogP) is 7.95. The van der Waals surface area contributed by atoms with Crippen LogP contribution in [0.25, 0.3) is 10.9 Å². The fraction of sp³-hybridized carbons (Fsp3) is 0.133. The fourth-order valence-electron chi connectivity index (χ4n) is 3.56. The van der Waals surface area contributed by atoms with Crippen molar-refractivity contribution < 1.29 is 19.0 Å². The zero-order valence-corrected chi connectivity index (χ0v) is 21.7. The number of hydrogen-bond donors (Lipinski definition) is 1. The highest BCUT2D eigenvalue weighted by Gasteiger charge is 2.13. The third kappa shape index (κ3) is 6.45. The van der Waals surface area contributed by atoms with E-state index in [4.69, 9.17) is 14.2 Å². The molecule has 2 aromatic heterocycles. The molecular weight excluding hydrogens is 484 g/mol. The number of rotatable bonds is 8.